The van der Waals surface area contributed by atoms with Crippen molar-refractivity contribution in [2.75, 3.05) is 0 Å². The zero-order valence-corrected chi connectivity index (χ0v) is 16.1. The fourth-order valence-electron chi connectivity index (χ4n) is 6.12. The summed E-state index contributed by atoms with van der Waals surface area (Å²) < 4.78 is 11.0. The first-order chi connectivity index (χ1) is 12.4. The molecule has 1 aromatic carbocycles. The highest BCUT2D eigenvalue weighted by Crippen LogP contribution is 2.65. The van der Waals surface area contributed by atoms with Gasteiger partial charge in [-0.1, -0.05) is 15.9 Å². The monoisotopic (exact) mass is 416 g/mol. The predicted octanol–water partition coefficient (Wildman–Crippen LogP) is 4.82. The van der Waals surface area contributed by atoms with Gasteiger partial charge >= 0.3 is 11.6 Å². The quantitative estimate of drug-likeness (QED) is 0.311. The molecule has 1 aromatic heterocycles. The molecule has 0 saturated heterocycles. The Kier molecular flexibility index (Phi) is 3.62. The SMILES string of the molecule is O=C(CC12C[C@@H]3C[C@@H](CC(Br)(C3)C1)C2)Oc1ccc2ccc(=O)oc2c1. The number of hydrogen-bond donors (Lipinski definition) is 0. The molecule has 2 unspecified atom stereocenters. The second-order valence-corrected chi connectivity index (χ2v) is 10.4. The molecule has 1 heterocycles. The first-order valence-corrected chi connectivity index (χ1v) is 10.1. The van der Waals surface area contributed by atoms with Crippen LogP contribution in [0.1, 0.15) is 44.9 Å². The maximum Gasteiger partial charge on any atom is 0.336 e. The van der Waals surface area contributed by atoms with Gasteiger partial charge < -0.3 is 9.15 Å². The van der Waals surface area contributed by atoms with Crippen molar-refractivity contribution in [2.45, 2.75) is 49.3 Å². The van der Waals surface area contributed by atoms with E-state index in [1.165, 1.54) is 25.3 Å². The smallest absolute Gasteiger partial charge is 0.336 e. The van der Waals surface area contributed by atoms with E-state index in [2.05, 4.69) is 15.9 Å². The van der Waals surface area contributed by atoms with Crippen LogP contribution in [-0.2, 0) is 4.79 Å². The van der Waals surface area contributed by atoms with Gasteiger partial charge in [0.05, 0.1) is 6.42 Å². The average molecular weight is 417 g/mol. The largest absolute Gasteiger partial charge is 0.426 e. The Balaban J connectivity index is 1.34. The lowest BCUT2D eigenvalue weighted by Crippen LogP contribution is -2.53. The first kappa shape index (κ1) is 16.5. The van der Waals surface area contributed by atoms with Gasteiger partial charge in [0.15, 0.2) is 0 Å². The minimum atomic E-state index is -0.405. The van der Waals surface area contributed by atoms with Gasteiger partial charge in [0.25, 0.3) is 0 Å². The van der Waals surface area contributed by atoms with Crippen LogP contribution in [0, 0.1) is 17.3 Å². The number of fused-ring (bicyclic) bond motifs is 1. The Morgan fingerprint density at radius 3 is 2.62 bits per heavy atom. The molecule has 5 heteroatoms. The van der Waals surface area contributed by atoms with Crippen molar-refractivity contribution in [1.29, 1.82) is 0 Å². The summed E-state index contributed by atoms with van der Waals surface area (Å²) in [4.78, 5) is 24.1. The zero-order valence-electron chi connectivity index (χ0n) is 14.5. The molecule has 4 saturated carbocycles. The fourth-order valence-corrected chi connectivity index (χ4v) is 7.63. The van der Waals surface area contributed by atoms with Crippen LogP contribution in [0.2, 0.25) is 0 Å². The van der Waals surface area contributed by atoms with Crippen LogP contribution < -0.4 is 10.4 Å². The van der Waals surface area contributed by atoms with Crippen molar-refractivity contribution in [3.8, 4) is 5.75 Å². The molecule has 26 heavy (non-hydrogen) atoms. The third-order valence-corrected chi connectivity index (χ3v) is 7.38. The second-order valence-electron chi connectivity index (χ2n) is 8.72. The highest BCUT2D eigenvalue weighted by Gasteiger charge is 2.57. The summed E-state index contributed by atoms with van der Waals surface area (Å²) in [5.74, 6) is 1.76. The van der Waals surface area contributed by atoms with E-state index in [4.69, 9.17) is 9.15 Å². The number of esters is 1. The van der Waals surface area contributed by atoms with Crippen LogP contribution in [0.5, 0.6) is 5.75 Å². The Labute approximate surface area is 160 Å². The van der Waals surface area contributed by atoms with Crippen LogP contribution in [0.15, 0.2) is 39.5 Å². The van der Waals surface area contributed by atoms with Crippen molar-refractivity contribution in [1.82, 2.24) is 0 Å². The van der Waals surface area contributed by atoms with Crippen molar-refractivity contribution < 1.29 is 13.9 Å². The van der Waals surface area contributed by atoms with Gasteiger partial charge in [-0.25, -0.2) is 4.79 Å². The van der Waals surface area contributed by atoms with Gasteiger partial charge in [-0.05, 0) is 74.0 Å². The number of rotatable bonds is 3. The standard InChI is InChI=1S/C21H21BrO4/c22-21-9-13-5-14(10-21)8-20(7-13,12-21)11-19(24)25-16-3-1-15-2-4-18(23)26-17(15)6-16/h1-4,6,13-14H,5,7-12H2/t13-,14+,20?,21?. The molecule has 4 nitrogen and oxygen atoms in total. The lowest BCUT2D eigenvalue weighted by molar-refractivity contribution is -0.141. The van der Waals surface area contributed by atoms with E-state index in [1.807, 2.05) is 0 Å². The third kappa shape index (κ3) is 2.90. The maximum atomic E-state index is 12.7. The summed E-state index contributed by atoms with van der Waals surface area (Å²) in [5, 5.41) is 0.812. The number of benzene rings is 1. The Hall–Kier alpha value is -1.62. The van der Waals surface area contributed by atoms with E-state index in [9.17, 15) is 9.59 Å². The molecule has 2 aromatic rings. The summed E-state index contributed by atoms with van der Waals surface area (Å²) in [7, 11) is 0. The topological polar surface area (TPSA) is 56.5 Å². The number of ether oxygens (including phenoxy) is 1. The van der Waals surface area contributed by atoms with Crippen LogP contribution in [-0.4, -0.2) is 10.3 Å². The van der Waals surface area contributed by atoms with E-state index in [0.29, 0.717) is 17.8 Å². The van der Waals surface area contributed by atoms with E-state index in [1.54, 1.807) is 24.3 Å². The third-order valence-electron chi connectivity index (χ3n) is 6.46. The van der Waals surface area contributed by atoms with Gasteiger partial charge in [0.1, 0.15) is 11.3 Å². The Morgan fingerprint density at radius 2 is 1.88 bits per heavy atom. The van der Waals surface area contributed by atoms with Crippen molar-refractivity contribution in [2.24, 2.45) is 17.3 Å². The molecule has 4 atom stereocenters. The molecule has 0 spiro atoms. The summed E-state index contributed by atoms with van der Waals surface area (Å²) >= 11 is 3.99. The van der Waals surface area contributed by atoms with E-state index >= 15 is 0 Å². The van der Waals surface area contributed by atoms with Gasteiger partial charge in [-0.2, -0.15) is 0 Å². The molecule has 4 aliphatic carbocycles. The molecule has 4 fully saturated rings. The predicted molar refractivity (Wildman–Crippen MR) is 102 cm³/mol. The minimum absolute atomic E-state index is 0.0913. The van der Waals surface area contributed by atoms with Gasteiger partial charge in [-0.15, -0.1) is 0 Å². The summed E-state index contributed by atoms with van der Waals surface area (Å²) in [6.07, 6.45) is 7.69. The van der Waals surface area contributed by atoms with Gasteiger partial charge in [0.2, 0.25) is 0 Å². The van der Waals surface area contributed by atoms with Crippen LogP contribution in [0.25, 0.3) is 11.0 Å². The van der Waals surface area contributed by atoms with Crippen molar-refractivity contribution in [3.05, 3.63) is 40.8 Å². The van der Waals surface area contributed by atoms with Crippen LogP contribution >= 0.6 is 15.9 Å². The second kappa shape index (κ2) is 5.69. The number of hydrogen-bond acceptors (Lipinski definition) is 4. The van der Waals surface area contributed by atoms with Crippen molar-refractivity contribution >= 4 is 32.9 Å². The molecule has 136 valence electrons. The molecule has 0 N–H and O–H groups in total. The van der Waals surface area contributed by atoms with Crippen LogP contribution in [0.4, 0.5) is 0 Å². The molecule has 0 radical (unpaired) electrons. The summed E-state index contributed by atoms with van der Waals surface area (Å²) in [5.41, 5.74) is 0.128. The Morgan fingerprint density at radius 1 is 1.15 bits per heavy atom. The molecule has 4 aliphatic rings. The number of carbonyl (C=O) groups is 1. The number of alkyl halides is 1. The zero-order chi connectivity index (χ0) is 17.9. The first-order valence-electron chi connectivity index (χ1n) is 9.34. The molecule has 6 rings (SSSR count). The average Bonchev–Trinajstić information content (AvgIpc) is 2.51. The van der Waals surface area contributed by atoms with Gasteiger partial charge in [-0.3, -0.25) is 4.79 Å². The van der Waals surface area contributed by atoms with Gasteiger partial charge in [0, 0.05) is 21.8 Å². The lowest BCUT2D eigenvalue weighted by Gasteiger charge is -2.60. The van der Waals surface area contributed by atoms with E-state index < -0.39 is 5.63 Å². The molecule has 0 amide bonds. The minimum Gasteiger partial charge on any atom is -0.426 e. The van der Waals surface area contributed by atoms with E-state index in [0.717, 1.165) is 36.5 Å². The lowest BCUT2D eigenvalue weighted by atomic mass is 9.49. The van der Waals surface area contributed by atoms with Crippen molar-refractivity contribution in [3.63, 3.8) is 0 Å². The highest BCUT2D eigenvalue weighted by atomic mass is 79.9. The van der Waals surface area contributed by atoms with Crippen LogP contribution in [0.3, 0.4) is 0 Å². The number of halogens is 1. The normalized spacial score (nSPS) is 35.0. The highest BCUT2D eigenvalue weighted by molar-refractivity contribution is 9.10. The molecule has 0 aliphatic heterocycles. The fraction of sp³-hybridized carbons (Fsp3) is 0.524. The molecular weight excluding hydrogens is 396 g/mol. The summed E-state index contributed by atoms with van der Waals surface area (Å²) in [6.45, 7) is 0. The molecule has 4 bridgehead atoms. The summed E-state index contributed by atoms with van der Waals surface area (Å²) in [6, 6.07) is 8.28. The molecular formula is C21H21BrO4. The maximum absolute atomic E-state index is 12.7. The van der Waals surface area contributed by atoms with E-state index in [-0.39, 0.29) is 15.7 Å². The Bertz CT molecular complexity index is 932. The number of carbonyl (C=O) groups excluding carboxylic acids is 1.